The number of phenolic OH excluding ortho intramolecular Hbond substituents is 1. The zero-order valence-corrected chi connectivity index (χ0v) is 17.9. The SMILES string of the molecule is CC1=C(C)C(c2ccccc2-c2cc(C)cc(-c3ccccc3)c2O)C(C)=C1C. The largest absolute Gasteiger partial charge is 0.507 e. The summed E-state index contributed by atoms with van der Waals surface area (Å²) in [5.41, 5.74) is 11.9. The molecular weight excluding hydrogens is 352 g/mol. The Hall–Kier alpha value is -3.06. The van der Waals surface area contributed by atoms with Crippen molar-refractivity contribution < 1.29 is 5.11 Å². The molecule has 0 saturated heterocycles. The molecule has 29 heavy (non-hydrogen) atoms. The van der Waals surface area contributed by atoms with Gasteiger partial charge in [0.25, 0.3) is 0 Å². The molecule has 4 rings (SSSR count). The fourth-order valence-corrected chi connectivity index (χ4v) is 4.63. The van der Waals surface area contributed by atoms with Crippen molar-refractivity contribution in [2.45, 2.75) is 40.5 Å². The van der Waals surface area contributed by atoms with Crippen LogP contribution in [-0.2, 0) is 0 Å². The van der Waals surface area contributed by atoms with Crippen LogP contribution in [0, 0.1) is 6.92 Å². The number of rotatable bonds is 3. The first kappa shape index (κ1) is 19.3. The van der Waals surface area contributed by atoms with E-state index in [4.69, 9.17) is 0 Å². The minimum Gasteiger partial charge on any atom is -0.507 e. The fourth-order valence-electron chi connectivity index (χ4n) is 4.63. The zero-order chi connectivity index (χ0) is 20.7. The van der Waals surface area contributed by atoms with Crippen molar-refractivity contribution in [3.8, 4) is 28.0 Å². The van der Waals surface area contributed by atoms with Crippen molar-refractivity contribution in [2.75, 3.05) is 0 Å². The monoisotopic (exact) mass is 380 g/mol. The van der Waals surface area contributed by atoms with Crippen LogP contribution in [-0.4, -0.2) is 5.11 Å². The van der Waals surface area contributed by atoms with Gasteiger partial charge in [0, 0.05) is 17.0 Å². The van der Waals surface area contributed by atoms with Crippen molar-refractivity contribution in [1.29, 1.82) is 0 Å². The lowest BCUT2D eigenvalue weighted by Gasteiger charge is -2.21. The van der Waals surface area contributed by atoms with Gasteiger partial charge in [0.1, 0.15) is 5.75 Å². The number of aromatic hydroxyl groups is 1. The molecule has 1 N–H and O–H groups in total. The van der Waals surface area contributed by atoms with Gasteiger partial charge in [0.15, 0.2) is 0 Å². The van der Waals surface area contributed by atoms with Gasteiger partial charge in [-0.2, -0.15) is 0 Å². The Morgan fingerprint density at radius 3 is 1.83 bits per heavy atom. The van der Waals surface area contributed by atoms with Gasteiger partial charge >= 0.3 is 0 Å². The van der Waals surface area contributed by atoms with Crippen LogP contribution >= 0.6 is 0 Å². The van der Waals surface area contributed by atoms with E-state index in [1.807, 2.05) is 30.3 Å². The average Bonchev–Trinajstić information content (AvgIpc) is 2.93. The number of allylic oxidation sites excluding steroid dienone is 4. The number of phenols is 1. The molecule has 0 aromatic heterocycles. The smallest absolute Gasteiger partial charge is 0.131 e. The van der Waals surface area contributed by atoms with Gasteiger partial charge in [-0.3, -0.25) is 0 Å². The van der Waals surface area contributed by atoms with Gasteiger partial charge in [-0.15, -0.1) is 0 Å². The van der Waals surface area contributed by atoms with E-state index in [1.54, 1.807) is 0 Å². The number of benzene rings is 3. The molecule has 1 aliphatic rings. The summed E-state index contributed by atoms with van der Waals surface area (Å²) >= 11 is 0. The minimum absolute atomic E-state index is 0.270. The molecule has 3 aromatic rings. The van der Waals surface area contributed by atoms with Gasteiger partial charge < -0.3 is 5.11 Å². The summed E-state index contributed by atoms with van der Waals surface area (Å²) in [6.07, 6.45) is 0. The predicted molar refractivity (Wildman–Crippen MR) is 123 cm³/mol. The molecule has 1 nitrogen and oxygen atoms in total. The molecule has 0 unspecified atom stereocenters. The third-order valence-electron chi connectivity index (χ3n) is 6.51. The first-order valence-electron chi connectivity index (χ1n) is 10.2. The predicted octanol–water partition coefficient (Wildman–Crippen LogP) is 7.80. The van der Waals surface area contributed by atoms with Crippen LogP contribution in [0.3, 0.4) is 0 Å². The van der Waals surface area contributed by atoms with E-state index in [1.165, 1.54) is 27.9 Å². The summed E-state index contributed by atoms with van der Waals surface area (Å²) in [6.45, 7) is 11.0. The van der Waals surface area contributed by atoms with Gasteiger partial charge in [-0.25, -0.2) is 0 Å². The van der Waals surface area contributed by atoms with Crippen molar-refractivity contribution in [3.05, 3.63) is 100 Å². The highest BCUT2D eigenvalue weighted by molar-refractivity contribution is 5.85. The first-order valence-corrected chi connectivity index (χ1v) is 10.2. The second-order valence-electron chi connectivity index (χ2n) is 8.21. The van der Waals surface area contributed by atoms with Crippen LogP contribution in [0.1, 0.15) is 44.7 Å². The lowest BCUT2D eigenvalue weighted by molar-refractivity contribution is 0.479. The van der Waals surface area contributed by atoms with E-state index >= 15 is 0 Å². The number of hydrogen-bond donors (Lipinski definition) is 1. The van der Waals surface area contributed by atoms with Crippen molar-refractivity contribution in [3.63, 3.8) is 0 Å². The van der Waals surface area contributed by atoms with E-state index in [-0.39, 0.29) is 5.92 Å². The first-order chi connectivity index (χ1) is 13.9. The average molecular weight is 381 g/mol. The number of aryl methyl sites for hydroxylation is 1. The summed E-state index contributed by atoms with van der Waals surface area (Å²) in [7, 11) is 0. The van der Waals surface area contributed by atoms with E-state index in [0.717, 1.165) is 27.8 Å². The van der Waals surface area contributed by atoms with E-state index in [0.29, 0.717) is 5.75 Å². The summed E-state index contributed by atoms with van der Waals surface area (Å²) in [5.74, 6) is 0.621. The standard InChI is InChI=1S/C28H28O/c1-17-15-25(22-11-7-6-8-12-22)28(29)26(16-17)23-13-9-10-14-24(23)27-20(4)18(2)19(3)21(27)5/h6-16,27,29H,1-5H3. The molecule has 146 valence electrons. The molecule has 0 aliphatic heterocycles. The molecule has 0 heterocycles. The van der Waals surface area contributed by atoms with E-state index < -0.39 is 0 Å². The summed E-state index contributed by atoms with van der Waals surface area (Å²) in [6, 6.07) is 22.8. The Balaban J connectivity index is 1.94. The van der Waals surface area contributed by atoms with Crippen LogP contribution in [0.4, 0.5) is 0 Å². The Kier molecular flexibility index (Phi) is 4.92. The molecule has 0 spiro atoms. The zero-order valence-electron chi connectivity index (χ0n) is 17.9. The van der Waals surface area contributed by atoms with Crippen LogP contribution in [0.2, 0.25) is 0 Å². The molecule has 0 radical (unpaired) electrons. The fraction of sp³-hybridized carbons (Fsp3) is 0.214. The molecule has 1 heteroatoms. The maximum absolute atomic E-state index is 11.3. The highest BCUT2D eigenvalue weighted by atomic mass is 16.3. The Morgan fingerprint density at radius 2 is 1.17 bits per heavy atom. The third-order valence-corrected chi connectivity index (χ3v) is 6.51. The molecule has 0 bridgehead atoms. The number of hydrogen-bond acceptors (Lipinski definition) is 1. The maximum Gasteiger partial charge on any atom is 0.131 e. The highest BCUT2D eigenvalue weighted by Gasteiger charge is 2.28. The summed E-state index contributed by atoms with van der Waals surface area (Å²) in [4.78, 5) is 0. The Labute approximate surface area is 174 Å². The van der Waals surface area contributed by atoms with Crippen molar-refractivity contribution in [2.24, 2.45) is 0 Å². The van der Waals surface area contributed by atoms with E-state index in [9.17, 15) is 5.11 Å². The van der Waals surface area contributed by atoms with Crippen molar-refractivity contribution in [1.82, 2.24) is 0 Å². The van der Waals surface area contributed by atoms with Crippen LogP contribution in [0.5, 0.6) is 5.75 Å². The second kappa shape index (κ2) is 7.40. The molecule has 0 saturated carbocycles. The van der Waals surface area contributed by atoms with Gasteiger partial charge in [-0.1, -0.05) is 65.7 Å². The normalized spacial score (nSPS) is 14.8. The van der Waals surface area contributed by atoms with Gasteiger partial charge in [0.05, 0.1) is 0 Å². The minimum atomic E-state index is 0.270. The van der Waals surface area contributed by atoms with Crippen LogP contribution < -0.4 is 0 Å². The van der Waals surface area contributed by atoms with Crippen LogP contribution in [0.15, 0.2) is 89.0 Å². The molecule has 1 aliphatic carbocycles. The molecule has 3 aromatic carbocycles. The lowest BCUT2D eigenvalue weighted by atomic mass is 9.83. The Bertz CT molecular complexity index is 1120. The second-order valence-corrected chi connectivity index (χ2v) is 8.21. The quantitative estimate of drug-likeness (QED) is 0.491. The van der Waals surface area contributed by atoms with E-state index in [2.05, 4.69) is 71.0 Å². The maximum atomic E-state index is 11.3. The van der Waals surface area contributed by atoms with Gasteiger partial charge in [-0.05, 0) is 80.2 Å². The van der Waals surface area contributed by atoms with Crippen molar-refractivity contribution >= 4 is 0 Å². The Morgan fingerprint density at radius 1 is 0.621 bits per heavy atom. The van der Waals surface area contributed by atoms with Gasteiger partial charge in [0.2, 0.25) is 0 Å². The summed E-state index contributed by atoms with van der Waals surface area (Å²) < 4.78 is 0. The molecule has 0 amide bonds. The van der Waals surface area contributed by atoms with Crippen LogP contribution in [0.25, 0.3) is 22.3 Å². The topological polar surface area (TPSA) is 20.2 Å². The third kappa shape index (κ3) is 3.21. The summed E-state index contributed by atoms with van der Waals surface area (Å²) in [5, 5.41) is 11.3. The molecule has 0 atom stereocenters. The molecular formula is C28H28O. The highest BCUT2D eigenvalue weighted by Crippen LogP contribution is 2.48. The molecule has 0 fully saturated rings. The lowest BCUT2D eigenvalue weighted by Crippen LogP contribution is -2.02.